The Bertz CT molecular complexity index is 180. The van der Waals surface area contributed by atoms with Crippen molar-refractivity contribution in [2.24, 2.45) is 4.99 Å². The molecule has 0 aromatic rings. The molecule has 0 radical (unpaired) electrons. The van der Waals surface area contributed by atoms with Crippen molar-refractivity contribution in [2.45, 2.75) is 12.8 Å². The minimum atomic E-state index is -0.413. The minimum Gasteiger partial charge on any atom is -0.460 e. The van der Waals surface area contributed by atoms with Crippen LogP contribution in [-0.4, -0.2) is 39.1 Å². The molecule has 4 heteroatoms. The van der Waals surface area contributed by atoms with Gasteiger partial charge < -0.3 is 14.5 Å². The van der Waals surface area contributed by atoms with Gasteiger partial charge in [-0.1, -0.05) is 6.58 Å². The molecule has 0 aromatic carbocycles. The van der Waals surface area contributed by atoms with Gasteiger partial charge in [-0.15, -0.1) is 0 Å². The van der Waals surface area contributed by atoms with Gasteiger partial charge in [0.05, 0.1) is 6.61 Å². The highest BCUT2D eigenvalue weighted by molar-refractivity contribution is 5.81. The predicted molar refractivity (Wildman–Crippen MR) is 55.6 cm³/mol. The van der Waals surface area contributed by atoms with Gasteiger partial charge in [0.15, 0.2) is 0 Å². The van der Waals surface area contributed by atoms with E-state index in [1.54, 1.807) is 0 Å². The third-order valence-corrected chi connectivity index (χ3v) is 1.49. The van der Waals surface area contributed by atoms with Crippen molar-refractivity contribution in [1.29, 1.82) is 0 Å². The molecule has 14 heavy (non-hydrogen) atoms. The number of rotatable bonds is 9. The first kappa shape index (κ1) is 12.8. The van der Waals surface area contributed by atoms with Crippen LogP contribution in [0.2, 0.25) is 0 Å². The summed E-state index contributed by atoms with van der Waals surface area (Å²) in [5.41, 5.74) is 0. The van der Waals surface area contributed by atoms with E-state index in [0.29, 0.717) is 13.2 Å². The average molecular weight is 199 g/mol. The molecule has 0 spiro atoms. The maximum Gasteiger partial charge on any atom is 0.330 e. The molecule has 0 N–H and O–H groups in total. The van der Waals surface area contributed by atoms with Crippen LogP contribution in [-0.2, 0) is 14.3 Å². The molecule has 4 nitrogen and oxygen atoms in total. The van der Waals surface area contributed by atoms with E-state index < -0.39 is 5.97 Å². The Labute approximate surface area is 84.6 Å². The van der Waals surface area contributed by atoms with Gasteiger partial charge in [0, 0.05) is 19.2 Å². The summed E-state index contributed by atoms with van der Waals surface area (Å²) in [7, 11) is 0. The van der Waals surface area contributed by atoms with Crippen molar-refractivity contribution in [3.05, 3.63) is 12.7 Å². The zero-order valence-electron chi connectivity index (χ0n) is 8.41. The van der Waals surface area contributed by atoms with E-state index in [1.165, 1.54) is 0 Å². The summed E-state index contributed by atoms with van der Waals surface area (Å²) >= 11 is 0. The van der Waals surface area contributed by atoms with Crippen LogP contribution in [0.4, 0.5) is 0 Å². The lowest BCUT2D eigenvalue weighted by Crippen LogP contribution is -2.08. The number of ether oxygens (including phenoxy) is 2. The standard InChI is InChI=1S/C10H17NO3/c1-3-10(12)14-9-8-13-7-5-4-6-11-2/h3H,1-2,4-9H2. The molecule has 0 bridgehead atoms. The van der Waals surface area contributed by atoms with Crippen molar-refractivity contribution in [2.75, 3.05) is 26.4 Å². The number of carbonyl (C=O) groups is 1. The molecule has 0 aromatic heterocycles. The van der Waals surface area contributed by atoms with Crippen LogP contribution in [0.15, 0.2) is 17.6 Å². The van der Waals surface area contributed by atoms with Crippen LogP contribution < -0.4 is 0 Å². The molecule has 0 heterocycles. The Hall–Kier alpha value is -1.16. The van der Waals surface area contributed by atoms with Crippen LogP contribution in [0.25, 0.3) is 0 Å². The number of nitrogens with zero attached hydrogens (tertiary/aromatic N) is 1. The topological polar surface area (TPSA) is 47.9 Å². The van der Waals surface area contributed by atoms with Crippen molar-refractivity contribution < 1.29 is 14.3 Å². The molecule has 80 valence electrons. The number of hydrogen-bond donors (Lipinski definition) is 0. The van der Waals surface area contributed by atoms with Crippen LogP contribution in [0.3, 0.4) is 0 Å². The van der Waals surface area contributed by atoms with Crippen molar-refractivity contribution in [1.82, 2.24) is 0 Å². The molecule has 0 amide bonds. The number of esters is 1. The Morgan fingerprint density at radius 1 is 1.29 bits per heavy atom. The van der Waals surface area contributed by atoms with E-state index >= 15 is 0 Å². The molecular weight excluding hydrogens is 182 g/mol. The molecule has 0 rings (SSSR count). The molecule has 0 aliphatic carbocycles. The summed E-state index contributed by atoms with van der Waals surface area (Å²) in [6, 6.07) is 0. The molecule has 0 unspecified atom stereocenters. The number of aliphatic imine (C=N–C) groups is 1. The second-order valence-corrected chi connectivity index (χ2v) is 2.64. The number of carbonyl (C=O) groups excluding carboxylic acids is 1. The maximum atomic E-state index is 10.6. The monoisotopic (exact) mass is 199 g/mol. The molecule has 0 saturated carbocycles. The molecule has 0 atom stereocenters. The summed E-state index contributed by atoms with van der Waals surface area (Å²) in [5.74, 6) is -0.413. The first-order valence-corrected chi connectivity index (χ1v) is 4.60. The van der Waals surface area contributed by atoms with Gasteiger partial charge >= 0.3 is 5.97 Å². The quantitative estimate of drug-likeness (QED) is 0.243. The van der Waals surface area contributed by atoms with E-state index in [0.717, 1.165) is 25.5 Å². The summed E-state index contributed by atoms with van der Waals surface area (Å²) in [6.45, 7) is 8.81. The van der Waals surface area contributed by atoms with Gasteiger partial charge in [0.2, 0.25) is 0 Å². The lowest BCUT2D eigenvalue weighted by molar-refractivity contribution is -0.139. The smallest absolute Gasteiger partial charge is 0.330 e. The predicted octanol–water partition coefficient (Wildman–Crippen LogP) is 1.21. The molecule has 0 fully saturated rings. The van der Waals surface area contributed by atoms with E-state index in [9.17, 15) is 4.79 Å². The van der Waals surface area contributed by atoms with Crippen molar-refractivity contribution >= 4 is 12.7 Å². The first-order chi connectivity index (χ1) is 6.81. The Morgan fingerprint density at radius 3 is 2.71 bits per heavy atom. The molecular formula is C10H17NO3. The first-order valence-electron chi connectivity index (χ1n) is 4.60. The fourth-order valence-corrected chi connectivity index (χ4v) is 0.790. The van der Waals surface area contributed by atoms with Gasteiger partial charge in [0.1, 0.15) is 6.61 Å². The SMILES string of the molecule is C=CC(=O)OCCOCCCCN=C. The normalized spacial score (nSPS) is 9.43. The van der Waals surface area contributed by atoms with Crippen LogP contribution >= 0.6 is 0 Å². The highest BCUT2D eigenvalue weighted by atomic mass is 16.6. The third kappa shape index (κ3) is 8.93. The summed E-state index contributed by atoms with van der Waals surface area (Å²) in [4.78, 5) is 14.3. The van der Waals surface area contributed by atoms with Gasteiger partial charge in [-0.2, -0.15) is 0 Å². The van der Waals surface area contributed by atoms with Crippen LogP contribution in [0.5, 0.6) is 0 Å². The number of unbranched alkanes of at least 4 members (excludes halogenated alkanes) is 1. The van der Waals surface area contributed by atoms with Gasteiger partial charge in [-0.3, -0.25) is 0 Å². The van der Waals surface area contributed by atoms with E-state index in [-0.39, 0.29) is 6.61 Å². The van der Waals surface area contributed by atoms with E-state index in [1.807, 2.05) is 0 Å². The molecule has 0 aliphatic rings. The Balaban J connectivity index is 3.02. The fraction of sp³-hybridized carbons (Fsp3) is 0.600. The largest absolute Gasteiger partial charge is 0.460 e. The molecule has 0 saturated heterocycles. The zero-order chi connectivity index (χ0) is 10.6. The van der Waals surface area contributed by atoms with Crippen LogP contribution in [0, 0.1) is 0 Å². The van der Waals surface area contributed by atoms with Gasteiger partial charge in [-0.25, -0.2) is 4.79 Å². The van der Waals surface area contributed by atoms with E-state index in [4.69, 9.17) is 9.47 Å². The van der Waals surface area contributed by atoms with E-state index in [2.05, 4.69) is 18.3 Å². The zero-order valence-corrected chi connectivity index (χ0v) is 8.41. The Kier molecular flexibility index (Phi) is 9.10. The second-order valence-electron chi connectivity index (χ2n) is 2.64. The van der Waals surface area contributed by atoms with Crippen LogP contribution in [0.1, 0.15) is 12.8 Å². The Morgan fingerprint density at radius 2 is 2.07 bits per heavy atom. The lowest BCUT2D eigenvalue weighted by Gasteiger charge is -2.03. The summed E-state index contributed by atoms with van der Waals surface area (Å²) in [6.07, 6.45) is 3.07. The van der Waals surface area contributed by atoms with Crippen molar-refractivity contribution in [3.63, 3.8) is 0 Å². The summed E-state index contributed by atoms with van der Waals surface area (Å²) < 4.78 is 9.91. The molecule has 0 aliphatic heterocycles. The third-order valence-electron chi connectivity index (χ3n) is 1.49. The average Bonchev–Trinajstić information content (AvgIpc) is 2.21. The van der Waals surface area contributed by atoms with Gasteiger partial charge in [-0.05, 0) is 19.6 Å². The number of hydrogen-bond acceptors (Lipinski definition) is 4. The van der Waals surface area contributed by atoms with Gasteiger partial charge in [0.25, 0.3) is 0 Å². The highest BCUT2D eigenvalue weighted by Crippen LogP contribution is 1.90. The second kappa shape index (κ2) is 9.92. The lowest BCUT2D eigenvalue weighted by atomic mass is 10.3. The summed E-state index contributed by atoms with van der Waals surface area (Å²) in [5, 5.41) is 0. The highest BCUT2D eigenvalue weighted by Gasteiger charge is 1.94. The van der Waals surface area contributed by atoms with Crippen molar-refractivity contribution in [3.8, 4) is 0 Å². The minimum absolute atomic E-state index is 0.282. The maximum absolute atomic E-state index is 10.6. The fourth-order valence-electron chi connectivity index (χ4n) is 0.790.